The van der Waals surface area contributed by atoms with Crippen molar-refractivity contribution in [2.75, 3.05) is 0 Å². The van der Waals surface area contributed by atoms with Crippen molar-refractivity contribution in [1.82, 2.24) is 0 Å². The van der Waals surface area contributed by atoms with E-state index in [1.807, 2.05) is 12.1 Å². The van der Waals surface area contributed by atoms with Crippen LogP contribution in [0, 0.1) is 0 Å². The molecule has 0 heterocycles. The molecule has 0 unspecified atom stereocenters. The molecule has 0 atom stereocenters. The minimum Gasteiger partial charge on any atom is -0.362 e. The Bertz CT molecular complexity index is 566. The molecule has 0 saturated carbocycles. The van der Waals surface area contributed by atoms with E-state index in [0.717, 1.165) is 18.4 Å². The van der Waals surface area contributed by atoms with Crippen LogP contribution in [0.5, 0.6) is 5.75 Å². The van der Waals surface area contributed by atoms with Crippen LogP contribution in [-0.4, -0.2) is 13.0 Å². The van der Waals surface area contributed by atoms with Gasteiger partial charge in [-0.1, -0.05) is 103 Å². The third kappa shape index (κ3) is 14.6. The van der Waals surface area contributed by atoms with Crippen molar-refractivity contribution in [2.45, 2.75) is 103 Å². The van der Waals surface area contributed by atoms with Crippen molar-refractivity contribution in [3.63, 3.8) is 0 Å². The SMILES string of the molecule is CCCCCCCCCCCCCCCCc1ccc(OS(=O)(=O)O)cc1. The van der Waals surface area contributed by atoms with Gasteiger partial charge in [0.2, 0.25) is 0 Å². The van der Waals surface area contributed by atoms with E-state index in [4.69, 9.17) is 4.55 Å². The van der Waals surface area contributed by atoms with Gasteiger partial charge in [0.05, 0.1) is 0 Å². The van der Waals surface area contributed by atoms with E-state index in [0.29, 0.717) is 0 Å². The first-order valence-electron chi connectivity index (χ1n) is 10.8. The van der Waals surface area contributed by atoms with Crippen LogP contribution in [0.3, 0.4) is 0 Å². The van der Waals surface area contributed by atoms with Crippen molar-refractivity contribution in [3.05, 3.63) is 29.8 Å². The number of hydrogen-bond acceptors (Lipinski definition) is 3. The van der Waals surface area contributed by atoms with Crippen molar-refractivity contribution < 1.29 is 17.2 Å². The summed E-state index contributed by atoms with van der Waals surface area (Å²) in [6, 6.07) is 6.85. The summed E-state index contributed by atoms with van der Waals surface area (Å²) in [6.45, 7) is 2.27. The van der Waals surface area contributed by atoms with E-state index in [9.17, 15) is 8.42 Å². The highest BCUT2D eigenvalue weighted by molar-refractivity contribution is 7.81. The lowest BCUT2D eigenvalue weighted by Gasteiger charge is -2.05. The normalized spacial score (nSPS) is 11.6. The van der Waals surface area contributed by atoms with Crippen LogP contribution in [-0.2, 0) is 16.8 Å². The second kappa shape index (κ2) is 14.9. The van der Waals surface area contributed by atoms with Crippen LogP contribution in [0.25, 0.3) is 0 Å². The Labute approximate surface area is 166 Å². The van der Waals surface area contributed by atoms with Gasteiger partial charge in [0.1, 0.15) is 5.75 Å². The number of hydrogen-bond donors (Lipinski definition) is 1. The van der Waals surface area contributed by atoms with E-state index >= 15 is 0 Å². The molecule has 0 amide bonds. The average molecular weight is 399 g/mol. The molecule has 156 valence electrons. The fourth-order valence-electron chi connectivity index (χ4n) is 3.36. The summed E-state index contributed by atoms with van der Waals surface area (Å²) in [5.41, 5.74) is 1.16. The molecular weight excluding hydrogens is 360 g/mol. The first-order valence-corrected chi connectivity index (χ1v) is 12.1. The van der Waals surface area contributed by atoms with Gasteiger partial charge in [-0.3, -0.25) is 4.55 Å². The van der Waals surface area contributed by atoms with E-state index in [-0.39, 0.29) is 5.75 Å². The zero-order valence-electron chi connectivity index (χ0n) is 17.0. The monoisotopic (exact) mass is 398 g/mol. The van der Waals surface area contributed by atoms with Crippen molar-refractivity contribution >= 4 is 10.4 Å². The first kappa shape index (κ1) is 24.0. The van der Waals surface area contributed by atoms with Crippen molar-refractivity contribution in [1.29, 1.82) is 0 Å². The van der Waals surface area contributed by atoms with E-state index in [1.165, 1.54) is 83.5 Å². The molecule has 1 aromatic carbocycles. The quantitative estimate of drug-likeness (QED) is 0.229. The van der Waals surface area contributed by atoms with Crippen molar-refractivity contribution in [3.8, 4) is 5.75 Å². The third-order valence-corrected chi connectivity index (χ3v) is 5.35. The Morgan fingerprint density at radius 2 is 1.11 bits per heavy atom. The molecule has 0 aliphatic heterocycles. The number of benzene rings is 1. The highest BCUT2D eigenvalue weighted by Crippen LogP contribution is 2.17. The fraction of sp³-hybridized carbons (Fsp3) is 0.727. The Balaban J connectivity index is 1.91. The van der Waals surface area contributed by atoms with Gasteiger partial charge < -0.3 is 4.18 Å². The number of aryl methyl sites for hydroxylation is 1. The van der Waals surface area contributed by atoms with Crippen LogP contribution in [0.2, 0.25) is 0 Å². The van der Waals surface area contributed by atoms with E-state index in [2.05, 4.69) is 11.1 Å². The smallest absolute Gasteiger partial charge is 0.362 e. The molecule has 0 bridgehead atoms. The lowest BCUT2D eigenvalue weighted by molar-refractivity contribution is 0.387. The minimum absolute atomic E-state index is 0.141. The maximum absolute atomic E-state index is 10.6. The fourth-order valence-corrected chi connectivity index (χ4v) is 3.71. The molecule has 27 heavy (non-hydrogen) atoms. The number of unbranched alkanes of at least 4 members (excludes halogenated alkanes) is 13. The summed E-state index contributed by atoms with van der Waals surface area (Å²) in [4.78, 5) is 0. The highest BCUT2D eigenvalue weighted by Gasteiger charge is 2.06. The molecule has 4 nitrogen and oxygen atoms in total. The van der Waals surface area contributed by atoms with Gasteiger partial charge in [-0.05, 0) is 30.5 Å². The predicted octanol–water partition coefficient (Wildman–Crippen LogP) is 6.89. The zero-order chi connectivity index (χ0) is 19.8. The zero-order valence-corrected chi connectivity index (χ0v) is 17.8. The van der Waals surface area contributed by atoms with Crippen LogP contribution in [0.1, 0.15) is 102 Å². The molecule has 5 heteroatoms. The second-order valence-electron chi connectivity index (χ2n) is 7.50. The van der Waals surface area contributed by atoms with Gasteiger partial charge >= 0.3 is 10.4 Å². The maximum atomic E-state index is 10.6. The third-order valence-electron chi connectivity index (χ3n) is 4.94. The maximum Gasteiger partial charge on any atom is 0.446 e. The summed E-state index contributed by atoms with van der Waals surface area (Å²) < 4.78 is 34.3. The summed E-state index contributed by atoms with van der Waals surface area (Å²) in [5, 5.41) is 0. The topological polar surface area (TPSA) is 63.6 Å². The highest BCUT2D eigenvalue weighted by atomic mass is 32.3. The standard InChI is InChI=1S/C22H38O4S/c1-2-3-4-5-6-7-8-9-10-11-12-13-14-15-16-21-17-19-22(20-18-21)26-27(23,24)25/h17-20H,2-16H2,1H3,(H,23,24,25). The minimum atomic E-state index is -4.43. The Hall–Kier alpha value is -1.07. The van der Waals surface area contributed by atoms with Crippen LogP contribution < -0.4 is 4.18 Å². The van der Waals surface area contributed by atoms with Gasteiger partial charge in [0, 0.05) is 0 Å². The predicted molar refractivity (Wildman–Crippen MR) is 113 cm³/mol. The summed E-state index contributed by atoms with van der Waals surface area (Å²) >= 11 is 0. The van der Waals surface area contributed by atoms with Gasteiger partial charge in [0.15, 0.2) is 0 Å². The molecule has 0 fully saturated rings. The molecule has 0 aliphatic carbocycles. The summed E-state index contributed by atoms with van der Waals surface area (Å²) in [7, 11) is -4.43. The molecular formula is C22H38O4S. The molecule has 0 aromatic heterocycles. The molecule has 0 saturated heterocycles. The van der Waals surface area contributed by atoms with Crippen molar-refractivity contribution in [2.24, 2.45) is 0 Å². The molecule has 1 aromatic rings. The Kier molecular flexibility index (Phi) is 13.2. The van der Waals surface area contributed by atoms with E-state index in [1.54, 1.807) is 12.1 Å². The average Bonchev–Trinajstić information content (AvgIpc) is 2.62. The van der Waals surface area contributed by atoms with Crippen LogP contribution in [0.15, 0.2) is 24.3 Å². The van der Waals surface area contributed by atoms with Gasteiger partial charge in [0.25, 0.3) is 0 Å². The molecule has 1 rings (SSSR count). The Morgan fingerprint density at radius 1 is 0.704 bits per heavy atom. The summed E-state index contributed by atoms with van der Waals surface area (Å²) in [5.74, 6) is 0.141. The molecule has 0 aliphatic rings. The molecule has 0 spiro atoms. The lowest BCUT2D eigenvalue weighted by atomic mass is 10.0. The summed E-state index contributed by atoms with van der Waals surface area (Å²) in [6.07, 6.45) is 19.9. The Morgan fingerprint density at radius 3 is 1.52 bits per heavy atom. The second-order valence-corrected chi connectivity index (χ2v) is 8.52. The van der Waals surface area contributed by atoms with Gasteiger partial charge in [-0.25, -0.2) is 0 Å². The molecule has 0 radical (unpaired) electrons. The van der Waals surface area contributed by atoms with Gasteiger partial charge in [-0.2, -0.15) is 8.42 Å². The largest absolute Gasteiger partial charge is 0.446 e. The van der Waals surface area contributed by atoms with Crippen LogP contribution in [0.4, 0.5) is 0 Å². The molecule has 1 N–H and O–H groups in total. The lowest BCUT2D eigenvalue weighted by Crippen LogP contribution is -2.06. The van der Waals surface area contributed by atoms with Crippen LogP contribution >= 0.6 is 0 Å². The van der Waals surface area contributed by atoms with E-state index < -0.39 is 10.4 Å². The number of rotatable bonds is 17. The van der Waals surface area contributed by atoms with Gasteiger partial charge in [-0.15, -0.1) is 0 Å². The first-order chi connectivity index (χ1) is 13.0.